The van der Waals surface area contributed by atoms with Crippen LogP contribution >= 0.6 is 11.6 Å². The molecule has 3 nitrogen and oxygen atoms in total. The van der Waals surface area contributed by atoms with Crippen LogP contribution in [0.3, 0.4) is 0 Å². The Labute approximate surface area is 104 Å². The molecular formula is C13H9ClN2O. The highest BCUT2D eigenvalue weighted by Crippen LogP contribution is 2.33. The summed E-state index contributed by atoms with van der Waals surface area (Å²) >= 11 is 5.88. The van der Waals surface area contributed by atoms with Crippen molar-refractivity contribution >= 4 is 23.2 Å². The summed E-state index contributed by atoms with van der Waals surface area (Å²) in [6.45, 7) is 5.54. The normalized spacial score (nSPS) is 15.5. The summed E-state index contributed by atoms with van der Waals surface area (Å²) in [6.07, 6.45) is 0. The van der Waals surface area contributed by atoms with Gasteiger partial charge in [0.05, 0.1) is 5.69 Å². The molecule has 0 spiro atoms. The number of halogens is 1. The lowest BCUT2D eigenvalue weighted by Gasteiger charge is -2.18. The number of anilines is 1. The van der Waals surface area contributed by atoms with Gasteiger partial charge in [-0.3, -0.25) is 9.69 Å². The lowest BCUT2D eigenvalue weighted by atomic mass is 10.2. The average molecular weight is 245 g/mol. The van der Waals surface area contributed by atoms with Gasteiger partial charge in [0.15, 0.2) is 0 Å². The van der Waals surface area contributed by atoms with Crippen molar-refractivity contribution in [3.05, 3.63) is 52.7 Å². The van der Waals surface area contributed by atoms with Crippen LogP contribution in [-0.2, 0) is 4.79 Å². The number of hydrogen-bond acceptors (Lipinski definition) is 2. The zero-order valence-corrected chi connectivity index (χ0v) is 9.95. The quantitative estimate of drug-likeness (QED) is 0.762. The number of nitrogens with zero attached hydrogens (tertiary/aromatic N) is 2. The van der Waals surface area contributed by atoms with Crippen LogP contribution in [-0.4, -0.2) is 5.91 Å². The van der Waals surface area contributed by atoms with E-state index >= 15 is 0 Å². The Morgan fingerprint density at radius 3 is 2.71 bits per heavy atom. The zero-order valence-electron chi connectivity index (χ0n) is 9.20. The number of carbonyl (C=O) groups excluding carboxylic acids is 1. The largest absolute Gasteiger partial charge is 0.277 e. The molecule has 1 heterocycles. The molecule has 1 aliphatic heterocycles. The second-order valence-electron chi connectivity index (χ2n) is 3.68. The van der Waals surface area contributed by atoms with E-state index in [0.717, 1.165) is 0 Å². The van der Waals surface area contributed by atoms with E-state index in [4.69, 9.17) is 16.9 Å². The molecule has 0 N–H and O–H groups in total. The summed E-state index contributed by atoms with van der Waals surface area (Å²) < 4.78 is 0. The molecule has 0 fully saturated rings. The topological polar surface area (TPSA) is 44.1 Å². The van der Waals surface area contributed by atoms with Crippen LogP contribution in [0, 0.1) is 11.3 Å². The standard InChI is InChI=1S/C13H9ClN2O/c1-8-9(2)16(13(17)12(8)7-15)11-5-3-4-10(14)6-11/h3-6H,2H2,1H3. The third-order valence-corrected chi connectivity index (χ3v) is 2.91. The highest BCUT2D eigenvalue weighted by molar-refractivity contribution is 6.31. The molecule has 1 aliphatic rings. The van der Waals surface area contributed by atoms with Gasteiger partial charge < -0.3 is 0 Å². The van der Waals surface area contributed by atoms with Crippen molar-refractivity contribution in [3.8, 4) is 6.07 Å². The first-order valence-electron chi connectivity index (χ1n) is 4.96. The van der Waals surface area contributed by atoms with Gasteiger partial charge in [-0.05, 0) is 30.7 Å². The van der Waals surface area contributed by atoms with Crippen LogP contribution in [0.25, 0.3) is 0 Å². The van der Waals surface area contributed by atoms with E-state index in [9.17, 15) is 4.79 Å². The Morgan fingerprint density at radius 2 is 2.18 bits per heavy atom. The summed E-state index contributed by atoms with van der Waals surface area (Å²) in [6, 6.07) is 8.79. The molecule has 1 aromatic rings. The molecule has 0 atom stereocenters. The number of benzene rings is 1. The minimum absolute atomic E-state index is 0.134. The van der Waals surface area contributed by atoms with Gasteiger partial charge in [0.25, 0.3) is 5.91 Å². The third kappa shape index (κ3) is 1.73. The fraction of sp³-hybridized carbons (Fsp3) is 0.0769. The predicted molar refractivity (Wildman–Crippen MR) is 66.4 cm³/mol. The molecule has 2 rings (SSSR count). The maximum absolute atomic E-state index is 12.0. The number of rotatable bonds is 1. The summed E-state index contributed by atoms with van der Waals surface area (Å²) in [4.78, 5) is 13.4. The van der Waals surface area contributed by atoms with E-state index in [-0.39, 0.29) is 11.5 Å². The molecule has 0 bridgehead atoms. The monoisotopic (exact) mass is 244 g/mol. The van der Waals surface area contributed by atoms with E-state index in [2.05, 4.69) is 6.58 Å². The van der Waals surface area contributed by atoms with Crippen LogP contribution in [0.15, 0.2) is 47.7 Å². The Hall–Kier alpha value is -2.05. The van der Waals surface area contributed by atoms with Crippen LogP contribution < -0.4 is 4.90 Å². The molecule has 0 saturated carbocycles. The van der Waals surface area contributed by atoms with Gasteiger partial charge in [-0.25, -0.2) is 0 Å². The summed E-state index contributed by atoms with van der Waals surface area (Å²) in [5.41, 5.74) is 1.89. The van der Waals surface area contributed by atoms with E-state index < -0.39 is 0 Å². The van der Waals surface area contributed by atoms with Crippen molar-refractivity contribution in [2.75, 3.05) is 4.90 Å². The number of allylic oxidation sites excluding steroid dienone is 1. The van der Waals surface area contributed by atoms with Crippen molar-refractivity contribution in [1.29, 1.82) is 5.26 Å². The first kappa shape index (κ1) is 11.4. The number of amides is 1. The van der Waals surface area contributed by atoms with E-state index in [1.165, 1.54) is 4.90 Å². The highest BCUT2D eigenvalue weighted by Gasteiger charge is 2.32. The van der Waals surface area contributed by atoms with Crippen LogP contribution in [0.4, 0.5) is 5.69 Å². The Morgan fingerprint density at radius 1 is 1.47 bits per heavy atom. The van der Waals surface area contributed by atoms with E-state index in [1.807, 2.05) is 6.07 Å². The van der Waals surface area contributed by atoms with Gasteiger partial charge in [0, 0.05) is 10.7 Å². The SMILES string of the molecule is C=C1C(C)=C(C#N)C(=O)N1c1cccc(Cl)c1. The van der Waals surface area contributed by atoms with Gasteiger partial charge in [-0.2, -0.15) is 5.26 Å². The Balaban J connectivity index is 2.49. The molecule has 17 heavy (non-hydrogen) atoms. The molecule has 0 aliphatic carbocycles. The minimum Gasteiger partial charge on any atom is -0.277 e. The van der Waals surface area contributed by atoms with Crippen LogP contribution in [0.1, 0.15) is 6.92 Å². The first-order valence-corrected chi connectivity index (χ1v) is 5.34. The average Bonchev–Trinajstić information content (AvgIpc) is 2.50. The Kier molecular flexibility index (Phi) is 2.74. The van der Waals surface area contributed by atoms with Gasteiger partial charge in [-0.1, -0.05) is 24.2 Å². The zero-order chi connectivity index (χ0) is 12.6. The van der Waals surface area contributed by atoms with Crippen LogP contribution in [0.2, 0.25) is 5.02 Å². The summed E-state index contributed by atoms with van der Waals surface area (Å²) in [5.74, 6) is -0.350. The minimum atomic E-state index is -0.350. The maximum Gasteiger partial charge on any atom is 0.273 e. The van der Waals surface area contributed by atoms with Gasteiger partial charge in [0.1, 0.15) is 11.6 Å². The van der Waals surface area contributed by atoms with Crippen molar-refractivity contribution < 1.29 is 4.79 Å². The summed E-state index contributed by atoms with van der Waals surface area (Å²) in [7, 11) is 0. The molecule has 1 amide bonds. The smallest absolute Gasteiger partial charge is 0.273 e. The number of nitriles is 1. The van der Waals surface area contributed by atoms with E-state index in [1.54, 1.807) is 31.2 Å². The molecule has 0 aromatic heterocycles. The fourth-order valence-electron chi connectivity index (χ4n) is 1.73. The van der Waals surface area contributed by atoms with Crippen molar-refractivity contribution in [2.45, 2.75) is 6.92 Å². The lowest BCUT2D eigenvalue weighted by molar-refractivity contribution is -0.113. The number of carbonyl (C=O) groups is 1. The fourth-order valence-corrected chi connectivity index (χ4v) is 1.91. The van der Waals surface area contributed by atoms with Crippen molar-refractivity contribution in [1.82, 2.24) is 0 Å². The molecule has 4 heteroatoms. The molecular weight excluding hydrogens is 236 g/mol. The first-order chi connectivity index (χ1) is 8.06. The lowest BCUT2D eigenvalue weighted by Crippen LogP contribution is -2.24. The maximum atomic E-state index is 12.0. The summed E-state index contributed by atoms with van der Waals surface area (Å²) in [5, 5.41) is 9.45. The third-order valence-electron chi connectivity index (χ3n) is 2.67. The second kappa shape index (κ2) is 4.08. The van der Waals surface area contributed by atoms with E-state index in [0.29, 0.717) is 22.0 Å². The van der Waals surface area contributed by atoms with Gasteiger partial charge >= 0.3 is 0 Å². The number of hydrogen-bond donors (Lipinski definition) is 0. The molecule has 84 valence electrons. The second-order valence-corrected chi connectivity index (χ2v) is 4.12. The van der Waals surface area contributed by atoms with Gasteiger partial charge in [0.2, 0.25) is 0 Å². The predicted octanol–water partition coefficient (Wildman–Crippen LogP) is 3.04. The van der Waals surface area contributed by atoms with Gasteiger partial charge in [-0.15, -0.1) is 0 Å². The molecule has 0 unspecified atom stereocenters. The van der Waals surface area contributed by atoms with Crippen LogP contribution in [0.5, 0.6) is 0 Å². The van der Waals surface area contributed by atoms with Crippen molar-refractivity contribution in [3.63, 3.8) is 0 Å². The Bertz CT molecular complexity index is 596. The highest BCUT2D eigenvalue weighted by atomic mass is 35.5. The molecule has 0 saturated heterocycles. The molecule has 0 radical (unpaired) electrons. The van der Waals surface area contributed by atoms with Crippen molar-refractivity contribution in [2.24, 2.45) is 0 Å². The molecule has 1 aromatic carbocycles.